The van der Waals surface area contributed by atoms with Gasteiger partial charge in [0, 0.05) is 12.3 Å². The molecule has 8 rings (SSSR count). The Hall–Kier alpha value is -2.64. The molecule has 2 saturated carbocycles. The molecule has 7 aliphatic rings. The van der Waals surface area contributed by atoms with E-state index in [0.717, 1.165) is 50.4 Å². The van der Waals surface area contributed by atoms with Gasteiger partial charge in [-0.1, -0.05) is 55.7 Å². The number of carboxylic acids is 1. The van der Waals surface area contributed by atoms with Crippen molar-refractivity contribution in [3.05, 3.63) is 53.3 Å². The molecule has 2 saturated heterocycles. The van der Waals surface area contributed by atoms with E-state index >= 15 is 0 Å². The second-order valence-electron chi connectivity index (χ2n) is 12.7. The summed E-state index contributed by atoms with van der Waals surface area (Å²) in [6, 6.07) is 0. The van der Waals surface area contributed by atoms with E-state index in [4.69, 9.17) is 9.47 Å². The lowest BCUT2D eigenvalue weighted by Gasteiger charge is -2.28. The molecular weight excluding hydrogens is 478 g/mol. The van der Waals surface area contributed by atoms with E-state index in [1.807, 2.05) is 0 Å². The molecule has 1 aromatic rings. The number of hydrogen-bond acceptors (Lipinski definition) is 4. The minimum atomic E-state index is -0.864. The van der Waals surface area contributed by atoms with E-state index in [-0.39, 0.29) is 23.7 Å². The normalized spacial score (nSPS) is 38.5. The SMILES string of the molecule is O=C(O)C1OC(C2=Cc3c(c(NCC4CCCCC4)[n+]4n3C4)CC=C2)C2OC3(CC4C=CC=CC4C3)CC12. The molecule has 0 bridgehead atoms. The number of fused-ring (bicyclic) bond motifs is 5. The van der Waals surface area contributed by atoms with Crippen molar-refractivity contribution in [3.8, 4) is 0 Å². The van der Waals surface area contributed by atoms with Gasteiger partial charge >= 0.3 is 11.8 Å². The molecule has 0 radical (unpaired) electrons. The number of anilines is 1. The molecule has 4 aliphatic carbocycles. The van der Waals surface area contributed by atoms with Gasteiger partial charge in [-0.05, 0) is 61.5 Å². The van der Waals surface area contributed by atoms with Crippen LogP contribution in [0.3, 0.4) is 0 Å². The van der Waals surface area contributed by atoms with Gasteiger partial charge in [0.1, 0.15) is 6.10 Å². The summed E-state index contributed by atoms with van der Waals surface area (Å²) in [7, 11) is 0. The highest BCUT2D eigenvalue weighted by Gasteiger charge is 2.61. The predicted octanol–water partition coefficient (Wildman–Crippen LogP) is 4.23. The average Bonchev–Trinajstić information content (AvgIpc) is 3.28. The lowest BCUT2D eigenvalue weighted by Crippen LogP contribution is -2.33. The Morgan fingerprint density at radius 1 is 1.13 bits per heavy atom. The molecule has 4 fully saturated rings. The van der Waals surface area contributed by atoms with E-state index in [0.29, 0.717) is 11.8 Å². The van der Waals surface area contributed by atoms with Gasteiger partial charge in [-0.2, -0.15) is 4.68 Å². The molecule has 6 unspecified atom stereocenters. The summed E-state index contributed by atoms with van der Waals surface area (Å²) in [6.07, 6.45) is 24.5. The fourth-order valence-electron chi connectivity index (χ4n) is 8.54. The predicted molar refractivity (Wildman–Crippen MR) is 142 cm³/mol. The summed E-state index contributed by atoms with van der Waals surface area (Å²) in [5.41, 5.74) is 3.36. The van der Waals surface area contributed by atoms with Crippen molar-refractivity contribution < 1.29 is 24.1 Å². The molecule has 0 amide bonds. The number of carboxylic acid groups (broad SMARTS) is 1. The van der Waals surface area contributed by atoms with Gasteiger partial charge in [-0.25, -0.2) is 4.79 Å². The van der Waals surface area contributed by atoms with Crippen molar-refractivity contribution in [1.29, 1.82) is 0 Å². The zero-order valence-electron chi connectivity index (χ0n) is 21.9. The second kappa shape index (κ2) is 8.68. The maximum atomic E-state index is 12.3. The Labute approximate surface area is 223 Å². The molecule has 38 heavy (non-hydrogen) atoms. The maximum absolute atomic E-state index is 12.3. The molecule has 7 heteroatoms. The monoisotopic (exact) mass is 516 g/mol. The standard InChI is InChI=1S/C31H37N3O4/c35-30(36)28-24-16-31(14-21-9-4-5-10-22(21)15-31)38-27(24)26(37-28)20-11-6-12-23-25(13-20)33-18-34(33)29(23)32-17-19-7-2-1-3-8-19/h4-6,9-11,13,19,21-22,24,26-28H,1-3,7-8,12,14-18H2,(H,35,36)/p+1. The first-order valence-electron chi connectivity index (χ1n) is 14.8. The van der Waals surface area contributed by atoms with Crippen LogP contribution in [0.2, 0.25) is 0 Å². The summed E-state index contributed by atoms with van der Waals surface area (Å²) >= 11 is 0. The number of aliphatic carboxylic acids is 1. The van der Waals surface area contributed by atoms with E-state index in [1.165, 1.54) is 49.2 Å². The van der Waals surface area contributed by atoms with Gasteiger partial charge in [0.05, 0.1) is 29.5 Å². The van der Waals surface area contributed by atoms with Gasteiger partial charge in [0.15, 0.2) is 6.10 Å². The molecular formula is C31H38N3O4+. The molecule has 7 nitrogen and oxygen atoms in total. The quantitative estimate of drug-likeness (QED) is 0.582. The van der Waals surface area contributed by atoms with E-state index in [2.05, 4.69) is 57.2 Å². The van der Waals surface area contributed by atoms with Gasteiger partial charge in [-0.3, -0.25) is 5.32 Å². The number of aromatic nitrogens is 2. The number of nitrogens with zero attached hydrogens (tertiary/aromatic N) is 2. The summed E-state index contributed by atoms with van der Waals surface area (Å²) < 4.78 is 17.9. The Bertz CT molecular complexity index is 1260. The van der Waals surface area contributed by atoms with Gasteiger partial charge < -0.3 is 14.6 Å². The molecule has 4 heterocycles. The highest BCUT2D eigenvalue weighted by Crippen LogP contribution is 2.56. The molecule has 1 spiro atoms. The fraction of sp³-hybridized carbons (Fsp3) is 0.613. The third-order valence-electron chi connectivity index (χ3n) is 10.4. The van der Waals surface area contributed by atoms with Gasteiger partial charge in [0.25, 0.3) is 0 Å². The first-order valence-corrected chi connectivity index (χ1v) is 14.8. The summed E-state index contributed by atoms with van der Waals surface area (Å²) in [5.74, 6) is 2.04. The van der Waals surface area contributed by atoms with E-state index in [9.17, 15) is 9.90 Å². The highest BCUT2D eigenvalue weighted by atomic mass is 16.6. The van der Waals surface area contributed by atoms with Crippen LogP contribution in [0.4, 0.5) is 5.82 Å². The van der Waals surface area contributed by atoms with Crippen LogP contribution in [-0.4, -0.2) is 46.2 Å². The number of rotatable bonds is 5. The van der Waals surface area contributed by atoms with Crippen LogP contribution < -0.4 is 10.00 Å². The third kappa shape index (κ3) is 3.69. The summed E-state index contributed by atoms with van der Waals surface area (Å²) in [5, 5.41) is 13.9. The topological polar surface area (TPSA) is 76.6 Å². The molecule has 3 aliphatic heterocycles. The van der Waals surface area contributed by atoms with E-state index in [1.54, 1.807) is 0 Å². The average molecular weight is 517 g/mol. The molecule has 1 aromatic heterocycles. The number of allylic oxidation sites excluding steroid dienone is 5. The summed E-state index contributed by atoms with van der Waals surface area (Å²) in [6.45, 7) is 1.96. The molecule has 200 valence electrons. The number of hydrogen-bond donors (Lipinski definition) is 2. The van der Waals surface area contributed by atoms with Crippen molar-refractivity contribution in [1.82, 2.24) is 4.68 Å². The number of ether oxygens (including phenoxy) is 2. The van der Waals surface area contributed by atoms with E-state index < -0.39 is 12.1 Å². The largest absolute Gasteiger partial charge is 0.479 e. The Balaban J connectivity index is 1.07. The smallest absolute Gasteiger partial charge is 0.333 e. The number of nitrogens with one attached hydrogen (secondary N) is 1. The highest BCUT2D eigenvalue weighted by molar-refractivity contribution is 5.74. The second-order valence-corrected chi connectivity index (χ2v) is 12.7. The van der Waals surface area contributed by atoms with Crippen molar-refractivity contribution in [2.45, 2.75) is 88.4 Å². The van der Waals surface area contributed by atoms with Crippen molar-refractivity contribution >= 4 is 17.9 Å². The Morgan fingerprint density at radius 3 is 2.68 bits per heavy atom. The van der Waals surface area contributed by atoms with Gasteiger partial charge in [0.2, 0.25) is 6.67 Å². The van der Waals surface area contributed by atoms with Crippen LogP contribution >= 0.6 is 0 Å². The first-order chi connectivity index (χ1) is 18.6. The van der Waals surface area contributed by atoms with Crippen LogP contribution in [0, 0.1) is 23.7 Å². The van der Waals surface area contributed by atoms with Crippen molar-refractivity contribution in [2.24, 2.45) is 23.7 Å². The Morgan fingerprint density at radius 2 is 1.92 bits per heavy atom. The van der Waals surface area contributed by atoms with Crippen LogP contribution in [0.5, 0.6) is 0 Å². The van der Waals surface area contributed by atoms with Crippen LogP contribution in [0.15, 0.2) is 42.0 Å². The zero-order chi connectivity index (χ0) is 25.4. The van der Waals surface area contributed by atoms with Crippen molar-refractivity contribution in [2.75, 3.05) is 11.9 Å². The lowest BCUT2D eigenvalue weighted by atomic mass is 9.86. The maximum Gasteiger partial charge on any atom is 0.333 e. The third-order valence-corrected chi connectivity index (χ3v) is 10.4. The molecule has 2 N–H and O–H groups in total. The molecule has 6 atom stereocenters. The van der Waals surface area contributed by atoms with Crippen molar-refractivity contribution in [3.63, 3.8) is 0 Å². The first kappa shape index (κ1) is 23.3. The minimum Gasteiger partial charge on any atom is -0.479 e. The minimum absolute atomic E-state index is 0.114. The van der Waals surface area contributed by atoms with Crippen LogP contribution in [0.25, 0.3) is 6.08 Å². The van der Waals surface area contributed by atoms with Crippen LogP contribution in [-0.2, 0) is 27.4 Å². The number of carbonyl (C=O) groups is 1. The Kier molecular flexibility index (Phi) is 5.32. The zero-order valence-corrected chi connectivity index (χ0v) is 21.9. The lowest BCUT2D eigenvalue weighted by molar-refractivity contribution is -0.588. The fourth-order valence-corrected chi connectivity index (χ4v) is 8.54. The molecule has 0 aromatic carbocycles. The van der Waals surface area contributed by atoms with Crippen LogP contribution in [0.1, 0.15) is 62.6 Å². The van der Waals surface area contributed by atoms with Gasteiger partial charge in [-0.15, -0.1) is 4.68 Å². The summed E-state index contributed by atoms with van der Waals surface area (Å²) in [4.78, 5) is 12.3.